The lowest BCUT2D eigenvalue weighted by Gasteiger charge is -2.31. The van der Waals surface area contributed by atoms with Gasteiger partial charge in [0, 0.05) is 83.9 Å². The van der Waals surface area contributed by atoms with Gasteiger partial charge in [0.25, 0.3) is 0 Å². The summed E-state index contributed by atoms with van der Waals surface area (Å²) in [6.07, 6.45) is 14.9. The van der Waals surface area contributed by atoms with Gasteiger partial charge in [-0.2, -0.15) is 0 Å². The van der Waals surface area contributed by atoms with Crippen LogP contribution in [0, 0.1) is 11.8 Å². The number of carbonyl (C=O) groups excluding carboxylic acids is 4. The van der Waals surface area contributed by atoms with Gasteiger partial charge in [-0.05, 0) is 111 Å². The van der Waals surface area contributed by atoms with E-state index in [1.54, 1.807) is 19.9 Å². The molecule has 2 saturated heterocycles. The number of nitrogens with one attached hydrogen (secondary N) is 1. The number of carbonyl (C=O) groups is 4. The Hall–Kier alpha value is -4.86. The van der Waals surface area contributed by atoms with Crippen LogP contribution in [-0.2, 0) is 35.3 Å². The van der Waals surface area contributed by atoms with Crippen molar-refractivity contribution < 1.29 is 47.5 Å². The van der Waals surface area contributed by atoms with E-state index in [2.05, 4.69) is 79.5 Å². The van der Waals surface area contributed by atoms with E-state index in [4.69, 9.17) is 11.6 Å². The molecule has 2 unspecified atom stereocenters. The Morgan fingerprint density at radius 3 is 1.46 bits per heavy atom. The number of halogens is 2. The Labute approximate surface area is 427 Å². The van der Waals surface area contributed by atoms with E-state index in [1.165, 1.54) is 41.0 Å². The summed E-state index contributed by atoms with van der Waals surface area (Å²) in [7, 11) is 0. The number of benzene rings is 2. The standard InChI is InChI=1S/C26H34N4O3.C19H21ClN2O2.C7H14N2O.2CH4.ClH/c1-18(31)30-12-10-22(11-13-30)29-26-16-24(27-17-28-26)25(33)9-8-23(32)7-6-19-14-20-4-2-3-5-21(20)15-19;20-19-11-17(21-12-22-19)18(24)8-7-16(23)6-5-13-9-14-3-1-2-4-15(14)10-13;1-6(10)9-4-2-7(8)3-5-9;;;/h2-5,16-17,19,22-23,32H,6-15H2,1H3,(H,27,28,29);1-4,11-13,16,23H,5-10H2;7H,2-5,8H2,1H3;2*1H4;1H. The van der Waals surface area contributed by atoms with Crippen molar-refractivity contribution in [3.8, 4) is 0 Å². The van der Waals surface area contributed by atoms with Crippen LogP contribution in [-0.4, -0.2) is 114 Å². The van der Waals surface area contributed by atoms with E-state index in [0.29, 0.717) is 47.9 Å². The second-order valence-corrected chi connectivity index (χ2v) is 19.2. The van der Waals surface area contributed by atoms with Crippen LogP contribution in [0.4, 0.5) is 5.82 Å². The van der Waals surface area contributed by atoms with Crippen LogP contribution in [0.3, 0.4) is 0 Å². The Bertz CT molecular complexity index is 2200. The number of rotatable bonds is 16. The number of aliphatic hydroxyl groups is 2. The molecule has 14 nitrogen and oxygen atoms in total. The van der Waals surface area contributed by atoms with E-state index in [9.17, 15) is 29.4 Å². The maximum Gasteiger partial charge on any atom is 0.219 e. The predicted molar refractivity (Wildman–Crippen MR) is 272 cm³/mol. The van der Waals surface area contributed by atoms with Crippen molar-refractivity contribution in [3.05, 3.63) is 112 Å². The lowest BCUT2D eigenvalue weighted by atomic mass is 9.96. The highest BCUT2D eigenvalue weighted by Gasteiger charge is 2.25. The molecule has 4 aromatic rings. The fourth-order valence-electron chi connectivity index (χ4n) is 9.58. The third kappa shape index (κ3) is 19.0. The number of Topliss-reactive ketones (excluding diaryl/α,β-unsaturated/α-hetero) is 2. The van der Waals surface area contributed by atoms with Crippen molar-refractivity contribution in [2.45, 2.75) is 156 Å². The van der Waals surface area contributed by atoms with Crippen LogP contribution < -0.4 is 23.5 Å². The van der Waals surface area contributed by atoms with Crippen LogP contribution in [0.1, 0.15) is 149 Å². The van der Waals surface area contributed by atoms with Gasteiger partial charge in [-0.15, -0.1) is 0 Å². The largest absolute Gasteiger partial charge is 1.00 e. The van der Waals surface area contributed by atoms with Gasteiger partial charge in [0.05, 0.1) is 18.2 Å². The summed E-state index contributed by atoms with van der Waals surface area (Å²) >= 11 is 5.76. The van der Waals surface area contributed by atoms with Gasteiger partial charge in [-0.25, -0.2) is 19.9 Å². The molecular weight excluding hydrogens is 928 g/mol. The second-order valence-electron chi connectivity index (χ2n) is 18.9. The number of hydrogen-bond acceptors (Lipinski definition) is 11. The minimum atomic E-state index is -0.469. The topological polar surface area (TPSA) is 206 Å². The monoisotopic (exact) mass is 1000 g/mol. The molecule has 2 fully saturated rings. The molecule has 0 saturated carbocycles. The van der Waals surface area contributed by atoms with Gasteiger partial charge in [-0.1, -0.05) is 75.0 Å². The van der Waals surface area contributed by atoms with Gasteiger partial charge in [0.15, 0.2) is 11.6 Å². The molecule has 384 valence electrons. The minimum Gasteiger partial charge on any atom is -1.00 e. The molecule has 0 bridgehead atoms. The van der Waals surface area contributed by atoms with Crippen molar-refractivity contribution >= 4 is 40.8 Å². The summed E-state index contributed by atoms with van der Waals surface area (Å²) in [5.41, 5.74) is 10.4. The summed E-state index contributed by atoms with van der Waals surface area (Å²) in [5.74, 6) is 1.96. The predicted octanol–water partition coefficient (Wildman–Crippen LogP) is 4.58. The summed E-state index contributed by atoms with van der Waals surface area (Å²) in [5, 5.41) is 24.2. The maximum absolute atomic E-state index is 12.6. The van der Waals surface area contributed by atoms with Crippen LogP contribution in [0.25, 0.3) is 0 Å². The first-order valence-electron chi connectivity index (χ1n) is 24.3. The number of aromatic nitrogens is 4. The third-order valence-corrected chi connectivity index (χ3v) is 13.9. The molecule has 0 radical (unpaired) electrons. The molecule has 2 atom stereocenters. The normalized spacial score (nSPS) is 16.5. The zero-order chi connectivity index (χ0) is 47.7. The van der Waals surface area contributed by atoms with E-state index in [1.807, 2.05) is 9.80 Å². The Morgan fingerprint density at radius 2 is 1.04 bits per heavy atom. The van der Waals surface area contributed by atoms with Crippen LogP contribution in [0.15, 0.2) is 73.3 Å². The molecule has 16 heteroatoms. The second kappa shape index (κ2) is 30.1. The quantitative estimate of drug-likeness (QED) is 0.0903. The minimum absolute atomic E-state index is 0. The lowest BCUT2D eigenvalue weighted by Crippen LogP contribution is -3.00. The number of piperidine rings is 2. The average Bonchev–Trinajstić information content (AvgIpc) is 3.96. The molecule has 70 heavy (non-hydrogen) atoms. The smallest absolute Gasteiger partial charge is 0.219 e. The Kier molecular flexibility index (Phi) is 25.6. The first kappa shape index (κ1) is 59.4. The summed E-state index contributed by atoms with van der Waals surface area (Å²) in [6, 6.07) is 21.1. The van der Waals surface area contributed by atoms with Crippen LogP contribution in [0.2, 0.25) is 5.15 Å². The summed E-state index contributed by atoms with van der Waals surface area (Å²) < 4.78 is 0. The number of nitrogens with zero attached hydrogens (tertiary/aromatic N) is 6. The van der Waals surface area contributed by atoms with Gasteiger partial charge in [0.2, 0.25) is 11.8 Å². The van der Waals surface area contributed by atoms with Crippen LogP contribution in [0.5, 0.6) is 0 Å². The fourth-order valence-corrected chi connectivity index (χ4v) is 9.72. The molecule has 0 spiro atoms. The van der Waals surface area contributed by atoms with E-state index in [-0.39, 0.29) is 74.7 Å². The number of fused-ring (bicyclic) bond motifs is 2. The third-order valence-electron chi connectivity index (χ3n) is 13.7. The average molecular weight is 1010 g/mol. The Balaban J connectivity index is 0.000000307. The number of hydrogen-bond donors (Lipinski definition) is 4. The molecule has 4 aliphatic rings. The number of aliphatic hydroxyl groups excluding tert-OH is 2. The van der Waals surface area contributed by atoms with Crippen molar-refractivity contribution in [1.29, 1.82) is 0 Å². The number of ketones is 2. The Morgan fingerprint density at radius 1 is 0.643 bits per heavy atom. The maximum atomic E-state index is 12.6. The highest BCUT2D eigenvalue weighted by Crippen LogP contribution is 2.31. The molecular formula is C54H78Cl2N8O6. The zero-order valence-electron chi connectivity index (χ0n) is 39.7. The number of quaternary nitrogens is 1. The highest BCUT2D eigenvalue weighted by atomic mass is 35.5. The van der Waals surface area contributed by atoms with Crippen molar-refractivity contribution in [2.24, 2.45) is 11.8 Å². The molecule has 6 N–H and O–H groups in total. The van der Waals surface area contributed by atoms with Crippen molar-refractivity contribution in [2.75, 3.05) is 31.5 Å². The molecule has 4 heterocycles. The zero-order valence-corrected chi connectivity index (χ0v) is 41.2. The van der Waals surface area contributed by atoms with Crippen LogP contribution >= 0.6 is 11.6 Å². The highest BCUT2D eigenvalue weighted by molar-refractivity contribution is 6.29. The van der Waals surface area contributed by atoms with Crippen molar-refractivity contribution in [1.82, 2.24) is 29.7 Å². The fraction of sp³-hybridized carbons (Fsp3) is 0.556. The SMILES string of the molecule is C.C.CC(=O)N1CCC(Nc2cc(C(=O)CCC(O)CCC3Cc4ccccc4C3)ncn2)CC1.CC(=O)N1CCC([NH3+])CC1.O=C(CCC(O)CCC1Cc2ccccc2C1)c1cc(Cl)ncn1.[Cl-]. The molecule has 2 aliphatic carbocycles. The van der Waals surface area contributed by atoms with Gasteiger partial charge < -0.3 is 43.5 Å². The van der Waals surface area contributed by atoms with Gasteiger partial charge in [0.1, 0.15) is 35.0 Å². The first-order chi connectivity index (χ1) is 32.3. The summed E-state index contributed by atoms with van der Waals surface area (Å²) in [6.45, 7) is 6.50. The first-order valence-corrected chi connectivity index (χ1v) is 24.6. The van der Waals surface area contributed by atoms with E-state index in [0.717, 1.165) is 103 Å². The van der Waals surface area contributed by atoms with Crippen molar-refractivity contribution in [3.63, 3.8) is 0 Å². The molecule has 8 rings (SSSR count). The number of amides is 2. The van der Waals surface area contributed by atoms with E-state index < -0.39 is 12.2 Å². The van der Waals surface area contributed by atoms with E-state index >= 15 is 0 Å². The number of anilines is 1. The summed E-state index contributed by atoms with van der Waals surface area (Å²) in [4.78, 5) is 66.8. The van der Waals surface area contributed by atoms with Gasteiger partial charge >= 0.3 is 0 Å². The molecule has 2 amide bonds. The van der Waals surface area contributed by atoms with Gasteiger partial charge in [-0.3, -0.25) is 19.2 Å². The number of likely N-dealkylation sites (tertiary alicyclic amines) is 2. The lowest BCUT2D eigenvalue weighted by molar-refractivity contribution is -0.425. The molecule has 2 aromatic carbocycles. The molecule has 2 aliphatic heterocycles. The molecule has 2 aromatic heterocycles.